The number of carbonyl (C=O) groups excluding carboxylic acids is 3. The summed E-state index contributed by atoms with van der Waals surface area (Å²) < 4.78 is 11.3. The summed E-state index contributed by atoms with van der Waals surface area (Å²) >= 11 is 6.43. The van der Waals surface area contributed by atoms with E-state index in [9.17, 15) is 14.4 Å². The molecule has 0 unspecified atom stereocenters. The molecule has 0 aromatic heterocycles. The van der Waals surface area contributed by atoms with E-state index in [2.05, 4.69) is 5.32 Å². The maximum atomic E-state index is 12.7. The summed E-state index contributed by atoms with van der Waals surface area (Å²) in [6, 6.07) is 18.9. The molecule has 0 bridgehead atoms. The third kappa shape index (κ3) is 4.81. The van der Waals surface area contributed by atoms with Crippen molar-refractivity contribution in [2.75, 3.05) is 18.5 Å². The number of fused-ring (bicyclic) bond motifs is 1. The van der Waals surface area contributed by atoms with E-state index in [1.54, 1.807) is 55.5 Å². The molecule has 1 N–H and O–H groups in total. The molecule has 3 aromatic rings. The van der Waals surface area contributed by atoms with Crippen LogP contribution in [0.25, 0.3) is 6.08 Å². The third-order valence-electron chi connectivity index (χ3n) is 4.95. The number of halogens is 1. The average Bonchev–Trinajstić information content (AvgIpc) is 3.04. The molecule has 7 heteroatoms. The molecule has 4 rings (SSSR count). The molecule has 3 aromatic carbocycles. The molecular formula is C26H20ClNO5. The van der Waals surface area contributed by atoms with E-state index in [0.29, 0.717) is 34.7 Å². The molecule has 33 heavy (non-hydrogen) atoms. The van der Waals surface area contributed by atoms with Crippen LogP contribution in [0.1, 0.15) is 33.2 Å². The lowest BCUT2D eigenvalue weighted by Crippen LogP contribution is -2.20. The molecule has 1 amide bonds. The number of carbonyl (C=O) groups is 3. The molecular weight excluding hydrogens is 442 g/mol. The van der Waals surface area contributed by atoms with Crippen LogP contribution in [0.15, 0.2) is 72.3 Å². The summed E-state index contributed by atoms with van der Waals surface area (Å²) in [7, 11) is 0. The molecule has 6 nitrogen and oxygen atoms in total. The fourth-order valence-electron chi connectivity index (χ4n) is 3.50. The van der Waals surface area contributed by atoms with Crippen LogP contribution in [0.4, 0.5) is 5.69 Å². The normalized spacial score (nSPS) is 12.4. The number of nitrogens with one attached hydrogen (secondary N) is 1. The van der Waals surface area contributed by atoms with Crippen molar-refractivity contribution in [3.63, 3.8) is 0 Å². The van der Waals surface area contributed by atoms with Crippen molar-refractivity contribution in [2.24, 2.45) is 0 Å². The largest absolute Gasteiger partial charge is 0.490 e. The number of hydrogen-bond donors (Lipinski definition) is 1. The van der Waals surface area contributed by atoms with Crippen LogP contribution >= 0.6 is 11.6 Å². The number of para-hydroxylation sites is 1. The van der Waals surface area contributed by atoms with Gasteiger partial charge < -0.3 is 14.8 Å². The quantitative estimate of drug-likeness (QED) is 0.385. The maximum absolute atomic E-state index is 12.7. The summed E-state index contributed by atoms with van der Waals surface area (Å²) in [6.45, 7) is 1.85. The summed E-state index contributed by atoms with van der Waals surface area (Å²) in [6.07, 6.45) is 1.49. The molecule has 0 aliphatic heterocycles. The van der Waals surface area contributed by atoms with Crippen molar-refractivity contribution < 1.29 is 23.9 Å². The first-order valence-electron chi connectivity index (χ1n) is 10.3. The Balaban J connectivity index is 1.56. The van der Waals surface area contributed by atoms with Gasteiger partial charge in [-0.2, -0.15) is 0 Å². The van der Waals surface area contributed by atoms with Crippen LogP contribution < -0.4 is 14.8 Å². The van der Waals surface area contributed by atoms with E-state index in [1.165, 1.54) is 6.08 Å². The number of hydrogen-bond acceptors (Lipinski definition) is 5. The van der Waals surface area contributed by atoms with Crippen LogP contribution in [0.3, 0.4) is 0 Å². The standard InChI is InChI=1S/C26H20ClNO5/c1-2-32-22-14-16(12-20-24(30)18-10-6-7-11-19(18)25(20)31)13-21(27)26(22)33-15-23(29)28-17-8-4-3-5-9-17/h3-14H,2,15H2,1H3,(H,28,29). The smallest absolute Gasteiger partial charge is 0.262 e. The van der Waals surface area contributed by atoms with Gasteiger partial charge in [-0.1, -0.05) is 54.1 Å². The van der Waals surface area contributed by atoms with Gasteiger partial charge in [0.2, 0.25) is 0 Å². The van der Waals surface area contributed by atoms with Crippen molar-refractivity contribution in [1.82, 2.24) is 0 Å². The predicted molar refractivity (Wildman–Crippen MR) is 126 cm³/mol. The number of benzene rings is 3. The van der Waals surface area contributed by atoms with E-state index in [4.69, 9.17) is 21.1 Å². The number of Topliss-reactive ketones (excluding diaryl/α,β-unsaturated/α-hetero) is 2. The number of anilines is 1. The van der Waals surface area contributed by atoms with Gasteiger partial charge >= 0.3 is 0 Å². The second kappa shape index (κ2) is 9.71. The Labute approximate surface area is 195 Å². The van der Waals surface area contributed by atoms with Crippen molar-refractivity contribution in [1.29, 1.82) is 0 Å². The molecule has 0 spiro atoms. The van der Waals surface area contributed by atoms with Gasteiger partial charge in [0.15, 0.2) is 29.7 Å². The Bertz CT molecular complexity index is 1230. The Morgan fingerprint density at radius 1 is 0.939 bits per heavy atom. The highest BCUT2D eigenvalue weighted by Gasteiger charge is 2.32. The zero-order valence-corrected chi connectivity index (χ0v) is 18.5. The van der Waals surface area contributed by atoms with Gasteiger partial charge in [-0.25, -0.2) is 0 Å². The molecule has 0 atom stereocenters. The number of ether oxygens (including phenoxy) is 2. The molecule has 0 radical (unpaired) electrons. The van der Waals surface area contributed by atoms with Crippen LogP contribution in [0.2, 0.25) is 5.02 Å². The monoisotopic (exact) mass is 461 g/mol. The first kappa shape index (κ1) is 22.3. The molecule has 1 aliphatic rings. The average molecular weight is 462 g/mol. The summed E-state index contributed by atoms with van der Waals surface area (Å²) in [5.74, 6) is -0.507. The number of ketones is 2. The maximum Gasteiger partial charge on any atom is 0.262 e. The van der Waals surface area contributed by atoms with Crippen LogP contribution in [0, 0.1) is 0 Å². The summed E-state index contributed by atoms with van der Waals surface area (Å²) in [5.41, 5.74) is 1.99. The number of rotatable bonds is 7. The van der Waals surface area contributed by atoms with Gasteiger partial charge in [-0.15, -0.1) is 0 Å². The Hall–Kier alpha value is -3.90. The molecule has 1 aliphatic carbocycles. The van der Waals surface area contributed by atoms with Crippen molar-refractivity contribution in [3.8, 4) is 11.5 Å². The van der Waals surface area contributed by atoms with E-state index in [0.717, 1.165) is 0 Å². The van der Waals surface area contributed by atoms with Gasteiger partial charge in [-0.3, -0.25) is 14.4 Å². The zero-order chi connectivity index (χ0) is 23.4. The highest BCUT2D eigenvalue weighted by atomic mass is 35.5. The fraction of sp³-hybridized carbons (Fsp3) is 0.115. The Morgan fingerprint density at radius 2 is 1.58 bits per heavy atom. The van der Waals surface area contributed by atoms with Crippen LogP contribution in [-0.2, 0) is 4.79 Å². The first-order valence-corrected chi connectivity index (χ1v) is 10.7. The van der Waals surface area contributed by atoms with E-state index >= 15 is 0 Å². The summed E-state index contributed by atoms with van der Waals surface area (Å²) in [4.78, 5) is 37.6. The van der Waals surface area contributed by atoms with Crippen LogP contribution in [0.5, 0.6) is 11.5 Å². The van der Waals surface area contributed by atoms with Gasteiger partial charge in [0.1, 0.15) is 0 Å². The lowest BCUT2D eigenvalue weighted by Gasteiger charge is -2.14. The second-order valence-electron chi connectivity index (χ2n) is 7.23. The van der Waals surface area contributed by atoms with Gasteiger partial charge in [0.25, 0.3) is 5.91 Å². The minimum absolute atomic E-state index is 0.0608. The van der Waals surface area contributed by atoms with E-state index in [-0.39, 0.29) is 40.4 Å². The molecule has 0 saturated heterocycles. The van der Waals surface area contributed by atoms with Gasteiger partial charge in [0.05, 0.1) is 17.2 Å². The van der Waals surface area contributed by atoms with Crippen molar-refractivity contribution in [3.05, 3.63) is 94.0 Å². The molecule has 0 saturated carbocycles. The topological polar surface area (TPSA) is 81.7 Å². The van der Waals surface area contributed by atoms with E-state index in [1.807, 2.05) is 18.2 Å². The lowest BCUT2D eigenvalue weighted by atomic mass is 10.1. The predicted octanol–water partition coefficient (Wildman–Crippen LogP) is 5.22. The molecule has 0 heterocycles. The second-order valence-corrected chi connectivity index (χ2v) is 7.63. The fourth-order valence-corrected chi connectivity index (χ4v) is 3.77. The van der Waals surface area contributed by atoms with Crippen molar-refractivity contribution in [2.45, 2.75) is 6.92 Å². The lowest BCUT2D eigenvalue weighted by molar-refractivity contribution is -0.118. The minimum atomic E-state index is -0.356. The first-order chi connectivity index (χ1) is 16.0. The summed E-state index contributed by atoms with van der Waals surface area (Å²) in [5, 5.41) is 2.92. The molecule has 0 fully saturated rings. The third-order valence-corrected chi connectivity index (χ3v) is 5.23. The number of amides is 1. The van der Waals surface area contributed by atoms with Gasteiger partial charge in [0, 0.05) is 16.8 Å². The Kier molecular flexibility index (Phi) is 6.56. The minimum Gasteiger partial charge on any atom is -0.490 e. The van der Waals surface area contributed by atoms with Crippen LogP contribution in [-0.4, -0.2) is 30.7 Å². The Morgan fingerprint density at radius 3 is 2.21 bits per heavy atom. The molecule has 166 valence electrons. The SMILES string of the molecule is CCOc1cc(C=C2C(=O)c3ccccc3C2=O)cc(Cl)c1OCC(=O)Nc1ccccc1. The highest BCUT2D eigenvalue weighted by Crippen LogP contribution is 2.38. The van der Waals surface area contributed by atoms with E-state index < -0.39 is 0 Å². The van der Waals surface area contributed by atoms with Crippen molar-refractivity contribution >= 4 is 40.8 Å². The van der Waals surface area contributed by atoms with Gasteiger partial charge in [-0.05, 0) is 42.8 Å². The number of allylic oxidation sites excluding steroid dienone is 1. The highest BCUT2D eigenvalue weighted by molar-refractivity contribution is 6.41. The zero-order valence-electron chi connectivity index (χ0n) is 17.8.